The van der Waals surface area contributed by atoms with E-state index in [1.54, 1.807) is 6.92 Å². The molecule has 3 fully saturated rings. The summed E-state index contributed by atoms with van der Waals surface area (Å²) in [7, 11) is 0. The molecule has 1 aromatic rings. The summed E-state index contributed by atoms with van der Waals surface area (Å²) in [5.41, 5.74) is 1.92. The van der Waals surface area contributed by atoms with Crippen molar-refractivity contribution in [2.45, 2.75) is 78.2 Å². The Hall–Kier alpha value is -1.90. The van der Waals surface area contributed by atoms with E-state index >= 15 is 0 Å². The Morgan fingerprint density at radius 3 is 2.48 bits per heavy atom. The fourth-order valence-electron chi connectivity index (χ4n) is 8.34. The minimum absolute atomic E-state index is 0.0249. The van der Waals surface area contributed by atoms with Gasteiger partial charge in [-0.1, -0.05) is 50.3 Å². The van der Waals surface area contributed by atoms with Gasteiger partial charge >= 0.3 is 5.97 Å². The Labute approximate surface area is 186 Å². The van der Waals surface area contributed by atoms with Gasteiger partial charge in [-0.25, -0.2) is 0 Å². The Morgan fingerprint density at radius 2 is 1.74 bits per heavy atom. The van der Waals surface area contributed by atoms with E-state index in [9.17, 15) is 9.59 Å². The van der Waals surface area contributed by atoms with Gasteiger partial charge in [-0.15, -0.1) is 0 Å². The first kappa shape index (κ1) is 21.0. The number of rotatable bonds is 3. The largest absolute Gasteiger partial charge is 0.462 e. The summed E-state index contributed by atoms with van der Waals surface area (Å²) >= 11 is 0. The fraction of sp³-hybridized carbons (Fsp3) is 0.643. The van der Waals surface area contributed by atoms with Crippen LogP contribution in [-0.2, 0) is 9.53 Å². The van der Waals surface area contributed by atoms with Crippen molar-refractivity contribution in [1.82, 2.24) is 0 Å². The number of esters is 1. The topological polar surface area (TPSA) is 43.4 Å². The van der Waals surface area contributed by atoms with E-state index in [-0.39, 0.29) is 28.7 Å². The maximum Gasteiger partial charge on any atom is 0.302 e. The number of hydrogen-bond donors (Lipinski definition) is 0. The minimum Gasteiger partial charge on any atom is -0.462 e. The lowest BCUT2D eigenvalue weighted by Gasteiger charge is -2.61. The average Bonchev–Trinajstić information content (AvgIpc) is 3.11. The van der Waals surface area contributed by atoms with Crippen LogP contribution in [-0.4, -0.2) is 17.9 Å². The minimum atomic E-state index is -0.132. The molecule has 3 heteroatoms. The number of Topliss-reactive ketones (excluding diaryl/α,β-unsaturated/α-hetero) is 1. The van der Waals surface area contributed by atoms with Crippen molar-refractivity contribution in [3.05, 3.63) is 47.5 Å². The molecule has 4 aliphatic carbocycles. The van der Waals surface area contributed by atoms with Gasteiger partial charge in [0.05, 0.1) is 0 Å². The number of carbonyl (C=O) groups is 2. The second-order valence-electron chi connectivity index (χ2n) is 11.1. The Morgan fingerprint density at radius 1 is 0.968 bits per heavy atom. The molecule has 3 saturated carbocycles. The number of allylic oxidation sites excluding steroid dienone is 2. The van der Waals surface area contributed by atoms with E-state index in [4.69, 9.17) is 4.74 Å². The molecule has 0 radical (unpaired) electrons. The van der Waals surface area contributed by atoms with Crippen LogP contribution in [0.4, 0.5) is 0 Å². The highest BCUT2D eigenvalue weighted by molar-refractivity contribution is 6.09. The zero-order chi connectivity index (χ0) is 21.8. The molecule has 0 spiro atoms. The molecule has 0 aromatic heterocycles. The Kier molecular flexibility index (Phi) is 5.14. The van der Waals surface area contributed by atoms with Crippen LogP contribution >= 0.6 is 0 Å². The van der Waals surface area contributed by atoms with Crippen molar-refractivity contribution in [3.63, 3.8) is 0 Å². The fourth-order valence-corrected chi connectivity index (χ4v) is 8.34. The third-order valence-corrected chi connectivity index (χ3v) is 9.85. The van der Waals surface area contributed by atoms with Gasteiger partial charge < -0.3 is 4.74 Å². The third-order valence-electron chi connectivity index (χ3n) is 9.85. The molecule has 0 unspecified atom stereocenters. The SMILES string of the molecule is CC(=O)O[C@H]1CCC[C@@H]2CC[C@H]3[C@@H](CC[C@]4(C)C(C(=O)c5ccccc5)=CC[C@H]34)[C@]21C. The molecule has 0 heterocycles. The van der Waals surface area contributed by atoms with Gasteiger partial charge in [0.2, 0.25) is 0 Å². The predicted octanol–water partition coefficient (Wildman–Crippen LogP) is 6.38. The molecule has 0 saturated heterocycles. The van der Waals surface area contributed by atoms with Gasteiger partial charge in [-0.05, 0) is 80.5 Å². The number of carbonyl (C=O) groups excluding carboxylic acids is 2. The summed E-state index contributed by atoms with van der Waals surface area (Å²) in [6.07, 6.45) is 11.5. The lowest BCUT2D eigenvalue weighted by Crippen LogP contribution is -2.58. The first-order chi connectivity index (χ1) is 14.9. The summed E-state index contributed by atoms with van der Waals surface area (Å²) in [5.74, 6) is 2.50. The molecule has 0 amide bonds. The lowest BCUT2D eigenvalue weighted by atomic mass is 9.44. The van der Waals surface area contributed by atoms with Crippen molar-refractivity contribution < 1.29 is 14.3 Å². The zero-order valence-corrected chi connectivity index (χ0v) is 19.2. The molecule has 31 heavy (non-hydrogen) atoms. The Bertz CT molecular complexity index is 902. The molecule has 5 rings (SSSR count). The first-order valence-corrected chi connectivity index (χ1v) is 12.3. The van der Waals surface area contributed by atoms with E-state index in [1.165, 1.54) is 25.7 Å². The van der Waals surface area contributed by atoms with Crippen molar-refractivity contribution in [1.29, 1.82) is 0 Å². The van der Waals surface area contributed by atoms with Crippen molar-refractivity contribution in [2.75, 3.05) is 0 Å². The predicted molar refractivity (Wildman–Crippen MR) is 122 cm³/mol. The van der Waals surface area contributed by atoms with Gasteiger partial charge in [0.25, 0.3) is 0 Å². The van der Waals surface area contributed by atoms with Crippen molar-refractivity contribution in [3.8, 4) is 0 Å². The molecular weight excluding hydrogens is 384 g/mol. The normalized spacial score (nSPS) is 41.4. The van der Waals surface area contributed by atoms with Crippen LogP contribution in [0.5, 0.6) is 0 Å². The van der Waals surface area contributed by atoms with Gasteiger partial charge in [-0.2, -0.15) is 0 Å². The Balaban J connectivity index is 1.43. The second kappa shape index (κ2) is 7.60. The molecular formula is C28H36O3. The summed E-state index contributed by atoms with van der Waals surface area (Å²) < 4.78 is 5.96. The highest BCUT2D eigenvalue weighted by atomic mass is 16.5. The summed E-state index contributed by atoms with van der Waals surface area (Å²) in [6.45, 7) is 6.35. The highest BCUT2D eigenvalue weighted by Crippen LogP contribution is 2.66. The molecule has 4 aliphatic rings. The highest BCUT2D eigenvalue weighted by Gasteiger charge is 2.61. The zero-order valence-electron chi connectivity index (χ0n) is 19.2. The summed E-state index contributed by atoms with van der Waals surface area (Å²) in [4.78, 5) is 25.3. The van der Waals surface area contributed by atoms with Crippen LogP contribution in [0.15, 0.2) is 42.0 Å². The number of hydrogen-bond acceptors (Lipinski definition) is 3. The number of ketones is 1. The van der Waals surface area contributed by atoms with Crippen LogP contribution in [0.2, 0.25) is 0 Å². The van der Waals surface area contributed by atoms with Crippen LogP contribution in [0.3, 0.4) is 0 Å². The van der Waals surface area contributed by atoms with Gasteiger partial charge in [0.1, 0.15) is 6.10 Å². The molecule has 7 atom stereocenters. The molecule has 0 bridgehead atoms. The number of fused-ring (bicyclic) bond motifs is 5. The maximum absolute atomic E-state index is 13.4. The van der Waals surface area contributed by atoms with E-state index < -0.39 is 0 Å². The van der Waals surface area contributed by atoms with Gasteiger partial charge in [0, 0.05) is 23.5 Å². The quantitative estimate of drug-likeness (QED) is 0.421. The van der Waals surface area contributed by atoms with Gasteiger partial charge in [0.15, 0.2) is 5.78 Å². The molecule has 166 valence electrons. The molecule has 1 aromatic carbocycles. The molecule has 0 aliphatic heterocycles. The third kappa shape index (κ3) is 3.14. The summed E-state index contributed by atoms with van der Waals surface area (Å²) in [5, 5.41) is 0. The number of benzene rings is 1. The van der Waals surface area contributed by atoms with Gasteiger partial charge in [-0.3, -0.25) is 9.59 Å². The van der Waals surface area contributed by atoms with Crippen molar-refractivity contribution in [2.24, 2.45) is 34.5 Å². The maximum atomic E-state index is 13.4. The molecule has 0 N–H and O–H groups in total. The van der Waals surface area contributed by atoms with Crippen LogP contribution in [0, 0.1) is 34.5 Å². The second-order valence-corrected chi connectivity index (χ2v) is 11.1. The van der Waals surface area contributed by atoms with Crippen LogP contribution < -0.4 is 0 Å². The lowest BCUT2D eigenvalue weighted by molar-refractivity contribution is -0.187. The standard InChI is InChI=1S/C28H36O3/c1-18(29)31-25-11-7-10-20-12-13-21-22-14-15-24(26(30)19-8-5-4-6-9-19)27(22,2)17-16-23(21)28(20,25)3/h4-6,8-9,15,20-23,25H,7,10-14,16-17H2,1-3H3/t20-,21-,22-,23-,25+,27+,28+/m1/s1. The van der Waals surface area contributed by atoms with E-state index in [0.29, 0.717) is 23.7 Å². The van der Waals surface area contributed by atoms with E-state index in [2.05, 4.69) is 19.9 Å². The molecule has 3 nitrogen and oxygen atoms in total. The monoisotopic (exact) mass is 420 g/mol. The van der Waals surface area contributed by atoms with Crippen molar-refractivity contribution >= 4 is 11.8 Å². The number of ether oxygens (including phenoxy) is 1. The van der Waals surface area contributed by atoms with E-state index in [1.807, 2.05) is 30.3 Å². The van der Waals surface area contributed by atoms with E-state index in [0.717, 1.165) is 36.8 Å². The first-order valence-electron chi connectivity index (χ1n) is 12.3. The summed E-state index contributed by atoms with van der Waals surface area (Å²) in [6, 6.07) is 9.78. The smallest absolute Gasteiger partial charge is 0.302 e. The van der Waals surface area contributed by atoms with Crippen LogP contribution in [0.1, 0.15) is 82.5 Å². The van der Waals surface area contributed by atoms with Crippen LogP contribution in [0.25, 0.3) is 0 Å². The average molecular weight is 421 g/mol.